The van der Waals surface area contributed by atoms with E-state index in [9.17, 15) is 18.3 Å². The molecule has 0 aliphatic heterocycles. The molecule has 1 nitrogen and oxygen atoms in total. The van der Waals surface area contributed by atoms with Crippen molar-refractivity contribution >= 4 is 0 Å². The topological polar surface area (TPSA) is 20.2 Å². The lowest BCUT2D eigenvalue weighted by Crippen LogP contribution is -2.07. The molecule has 0 saturated heterocycles. The van der Waals surface area contributed by atoms with Gasteiger partial charge in [-0.3, -0.25) is 0 Å². The largest absolute Gasteiger partial charge is 0.507 e. The molecule has 0 spiro atoms. The van der Waals surface area contributed by atoms with E-state index in [1.165, 1.54) is 12.1 Å². The summed E-state index contributed by atoms with van der Waals surface area (Å²) in [5.74, 6) is -0.692. The lowest BCUT2D eigenvalue weighted by atomic mass is 10.0. The van der Waals surface area contributed by atoms with Gasteiger partial charge in [0.15, 0.2) is 0 Å². The molecule has 15 heavy (non-hydrogen) atoms. The Kier molecular flexibility index (Phi) is 3.07. The molecule has 0 amide bonds. The number of phenolic OH excluding ortho intramolecular Hbond substituents is 1. The van der Waals surface area contributed by atoms with Crippen LogP contribution in [-0.4, -0.2) is 5.11 Å². The second kappa shape index (κ2) is 3.96. The second-order valence-corrected chi connectivity index (χ2v) is 3.25. The van der Waals surface area contributed by atoms with Gasteiger partial charge in [0.2, 0.25) is 0 Å². The maximum atomic E-state index is 12.4. The Balaban J connectivity index is 3.34. The molecule has 0 aliphatic rings. The van der Waals surface area contributed by atoms with Gasteiger partial charge in [0.25, 0.3) is 0 Å². The lowest BCUT2D eigenvalue weighted by molar-refractivity contribution is -0.138. The number of allylic oxidation sites excluding steroid dienone is 1. The average molecular weight is 216 g/mol. The van der Waals surface area contributed by atoms with Gasteiger partial charge in [-0.2, -0.15) is 13.2 Å². The zero-order valence-electron chi connectivity index (χ0n) is 8.23. The molecule has 0 radical (unpaired) electrons. The minimum Gasteiger partial charge on any atom is -0.507 e. The maximum Gasteiger partial charge on any atom is 0.419 e. The van der Waals surface area contributed by atoms with Gasteiger partial charge in [0, 0.05) is 5.56 Å². The molecule has 0 saturated carbocycles. The summed E-state index contributed by atoms with van der Waals surface area (Å²) in [4.78, 5) is 0. The summed E-state index contributed by atoms with van der Waals surface area (Å²) >= 11 is 0. The summed E-state index contributed by atoms with van der Waals surface area (Å²) in [6.45, 7) is 5.09. The van der Waals surface area contributed by atoms with E-state index >= 15 is 0 Å². The van der Waals surface area contributed by atoms with E-state index in [1.807, 2.05) is 0 Å². The van der Waals surface area contributed by atoms with Crippen LogP contribution in [0.4, 0.5) is 13.2 Å². The number of phenols is 1. The first-order valence-corrected chi connectivity index (χ1v) is 4.37. The van der Waals surface area contributed by atoms with Crippen molar-refractivity contribution in [2.24, 2.45) is 0 Å². The van der Waals surface area contributed by atoms with E-state index in [-0.39, 0.29) is 12.0 Å². The number of benzene rings is 1. The summed E-state index contributed by atoms with van der Waals surface area (Å²) in [7, 11) is 0. The Bertz CT molecular complexity index is 380. The molecular formula is C11H11F3O. The molecule has 0 heterocycles. The monoisotopic (exact) mass is 216 g/mol. The number of halogens is 3. The van der Waals surface area contributed by atoms with Gasteiger partial charge in [-0.1, -0.05) is 12.1 Å². The minimum absolute atomic E-state index is 0.224. The molecule has 82 valence electrons. The molecule has 0 aromatic heterocycles. The number of aromatic hydroxyl groups is 1. The lowest BCUT2D eigenvalue weighted by Gasteiger charge is -2.13. The summed E-state index contributed by atoms with van der Waals surface area (Å²) in [6.07, 6.45) is -2.84. The maximum absolute atomic E-state index is 12.4. The van der Waals surface area contributed by atoms with Gasteiger partial charge >= 0.3 is 6.18 Å². The highest BCUT2D eigenvalue weighted by Gasteiger charge is 2.34. The average Bonchev–Trinajstić information content (AvgIpc) is 2.09. The fourth-order valence-electron chi connectivity index (χ4n) is 1.37. The van der Waals surface area contributed by atoms with Crippen LogP contribution in [0.15, 0.2) is 24.8 Å². The molecular weight excluding hydrogens is 205 g/mol. The molecule has 1 N–H and O–H groups in total. The van der Waals surface area contributed by atoms with Gasteiger partial charge in [-0.05, 0) is 25.0 Å². The molecule has 0 bridgehead atoms. The van der Waals surface area contributed by atoms with Crippen molar-refractivity contribution in [2.45, 2.75) is 19.5 Å². The Morgan fingerprint density at radius 1 is 1.40 bits per heavy atom. The molecule has 1 aromatic rings. The third kappa shape index (κ3) is 2.32. The molecule has 0 fully saturated rings. The van der Waals surface area contributed by atoms with Crippen LogP contribution < -0.4 is 0 Å². The smallest absolute Gasteiger partial charge is 0.419 e. The van der Waals surface area contributed by atoms with Crippen molar-refractivity contribution in [1.29, 1.82) is 0 Å². The number of alkyl halides is 3. The third-order valence-corrected chi connectivity index (χ3v) is 2.17. The molecule has 1 rings (SSSR count). The summed E-state index contributed by atoms with van der Waals surface area (Å²) < 4.78 is 37.2. The van der Waals surface area contributed by atoms with Crippen LogP contribution in [0, 0.1) is 6.92 Å². The van der Waals surface area contributed by atoms with E-state index in [1.54, 1.807) is 6.92 Å². The number of hydrogen-bond donors (Lipinski definition) is 1. The first kappa shape index (κ1) is 11.6. The highest BCUT2D eigenvalue weighted by Crippen LogP contribution is 2.38. The van der Waals surface area contributed by atoms with Crippen LogP contribution in [0.5, 0.6) is 5.75 Å². The third-order valence-electron chi connectivity index (χ3n) is 2.17. The number of rotatable bonds is 2. The molecule has 4 heteroatoms. The van der Waals surface area contributed by atoms with Crippen molar-refractivity contribution in [2.75, 3.05) is 0 Å². The van der Waals surface area contributed by atoms with Gasteiger partial charge < -0.3 is 5.11 Å². The van der Waals surface area contributed by atoms with Gasteiger partial charge in [-0.15, -0.1) is 6.58 Å². The zero-order chi connectivity index (χ0) is 11.6. The Hall–Kier alpha value is -1.45. The Morgan fingerprint density at radius 2 is 2.00 bits per heavy atom. The fraction of sp³-hybridized carbons (Fsp3) is 0.273. The molecule has 0 unspecified atom stereocenters. The van der Waals surface area contributed by atoms with E-state index in [0.29, 0.717) is 5.56 Å². The zero-order valence-corrected chi connectivity index (χ0v) is 8.23. The van der Waals surface area contributed by atoms with Crippen molar-refractivity contribution in [3.8, 4) is 5.75 Å². The first-order chi connectivity index (χ1) is 6.88. The Labute approximate surface area is 85.9 Å². The van der Waals surface area contributed by atoms with Crippen LogP contribution in [0.3, 0.4) is 0 Å². The predicted molar refractivity (Wildman–Crippen MR) is 51.7 cm³/mol. The number of hydrogen-bond acceptors (Lipinski definition) is 1. The summed E-state index contributed by atoms with van der Waals surface area (Å²) in [6, 6.07) is 2.23. The Morgan fingerprint density at radius 3 is 2.47 bits per heavy atom. The van der Waals surface area contributed by atoms with Gasteiger partial charge in [0.1, 0.15) is 5.75 Å². The van der Waals surface area contributed by atoms with Crippen LogP contribution in [-0.2, 0) is 12.6 Å². The standard InChI is InChI=1S/C11H11F3O/c1-3-4-8-7(2)5-6-9(10(8)15)11(12,13)14/h3,5-6,15H,1,4H2,2H3. The van der Waals surface area contributed by atoms with E-state index in [2.05, 4.69) is 6.58 Å². The van der Waals surface area contributed by atoms with E-state index in [4.69, 9.17) is 0 Å². The summed E-state index contributed by atoms with van der Waals surface area (Å²) in [5, 5.41) is 9.47. The molecule has 0 atom stereocenters. The summed E-state index contributed by atoms with van der Waals surface area (Å²) in [5.41, 5.74) is -0.0924. The predicted octanol–water partition coefficient (Wildman–Crippen LogP) is 3.45. The van der Waals surface area contributed by atoms with Gasteiger partial charge in [0.05, 0.1) is 5.56 Å². The first-order valence-electron chi connectivity index (χ1n) is 4.37. The van der Waals surface area contributed by atoms with Crippen LogP contribution in [0.2, 0.25) is 0 Å². The molecule has 1 aromatic carbocycles. The van der Waals surface area contributed by atoms with Crippen LogP contribution in [0.25, 0.3) is 0 Å². The fourth-order valence-corrected chi connectivity index (χ4v) is 1.37. The SMILES string of the molecule is C=CCc1c(C)ccc(C(F)(F)F)c1O. The normalized spacial score (nSPS) is 11.5. The van der Waals surface area contributed by atoms with Crippen molar-refractivity contribution < 1.29 is 18.3 Å². The van der Waals surface area contributed by atoms with Crippen LogP contribution >= 0.6 is 0 Å². The van der Waals surface area contributed by atoms with Gasteiger partial charge in [-0.25, -0.2) is 0 Å². The number of aryl methyl sites for hydroxylation is 1. The van der Waals surface area contributed by atoms with Crippen molar-refractivity contribution in [3.63, 3.8) is 0 Å². The quantitative estimate of drug-likeness (QED) is 0.751. The van der Waals surface area contributed by atoms with Crippen molar-refractivity contribution in [1.82, 2.24) is 0 Å². The second-order valence-electron chi connectivity index (χ2n) is 3.25. The van der Waals surface area contributed by atoms with E-state index in [0.717, 1.165) is 6.07 Å². The molecule has 0 aliphatic carbocycles. The van der Waals surface area contributed by atoms with Crippen molar-refractivity contribution in [3.05, 3.63) is 41.5 Å². The van der Waals surface area contributed by atoms with E-state index < -0.39 is 17.5 Å². The highest BCUT2D eigenvalue weighted by molar-refractivity contribution is 5.47. The highest BCUT2D eigenvalue weighted by atomic mass is 19.4. The minimum atomic E-state index is -4.52. The van der Waals surface area contributed by atoms with Crippen LogP contribution in [0.1, 0.15) is 16.7 Å².